The molecule has 0 saturated heterocycles. The van der Waals surface area contributed by atoms with E-state index in [2.05, 4.69) is 47.4 Å². The molecule has 0 bridgehead atoms. The molecular formula is C6H3IS3. The SMILES string of the molecule is Sc1cc2sc(I)cc2s1. The van der Waals surface area contributed by atoms with Crippen molar-refractivity contribution < 1.29 is 0 Å². The summed E-state index contributed by atoms with van der Waals surface area (Å²) in [5.74, 6) is 0. The molecule has 0 amide bonds. The number of thiol groups is 1. The molecule has 0 unspecified atom stereocenters. The third kappa shape index (κ3) is 1.22. The van der Waals surface area contributed by atoms with Gasteiger partial charge in [0.15, 0.2) is 0 Å². The van der Waals surface area contributed by atoms with Crippen molar-refractivity contribution in [2.24, 2.45) is 0 Å². The van der Waals surface area contributed by atoms with Crippen molar-refractivity contribution in [3.63, 3.8) is 0 Å². The van der Waals surface area contributed by atoms with Crippen molar-refractivity contribution in [2.75, 3.05) is 0 Å². The first kappa shape index (κ1) is 7.39. The predicted molar refractivity (Wildman–Crippen MR) is 59.7 cm³/mol. The minimum absolute atomic E-state index is 1.11. The largest absolute Gasteiger partial charge is 0.133 e. The van der Waals surface area contributed by atoms with Crippen LogP contribution in [0.15, 0.2) is 16.3 Å². The zero-order valence-corrected chi connectivity index (χ0v) is 9.48. The Kier molecular flexibility index (Phi) is 1.96. The third-order valence-electron chi connectivity index (χ3n) is 1.16. The maximum absolute atomic E-state index is 4.27. The maximum atomic E-state index is 4.27. The Morgan fingerprint density at radius 1 is 1.20 bits per heavy atom. The highest BCUT2D eigenvalue weighted by molar-refractivity contribution is 14.1. The van der Waals surface area contributed by atoms with E-state index >= 15 is 0 Å². The second-order valence-corrected chi connectivity index (χ2v) is 6.71. The Morgan fingerprint density at radius 3 is 2.60 bits per heavy atom. The molecule has 2 rings (SSSR count). The molecule has 0 radical (unpaired) electrons. The molecule has 0 saturated carbocycles. The van der Waals surface area contributed by atoms with Crippen molar-refractivity contribution in [1.29, 1.82) is 0 Å². The standard InChI is InChI=1S/C6H3IS3/c7-5-1-3-4(9-5)2-6(8)10-3/h1-2,8H. The van der Waals surface area contributed by atoms with E-state index in [4.69, 9.17) is 0 Å². The van der Waals surface area contributed by atoms with Crippen LogP contribution in [0, 0.1) is 2.88 Å². The summed E-state index contributed by atoms with van der Waals surface area (Å²) in [4.78, 5) is 0. The van der Waals surface area contributed by atoms with Crippen LogP contribution in [0.25, 0.3) is 9.40 Å². The first-order chi connectivity index (χ1) is 4.75. The number of hydrogen-bond donors (Lipinski definition) is 1. The van der Waals surface area contributed by atoms with Gasteiger partial charge in [-0.25, -0.2) is 0 Å². The molecule has 52 valence electrons. The summed E-state index contributed by atoms with van der Waals surface area (Å²) < 4.78 is 5.18. The first-order valence-corrected chi connectivity index (χ1v) is 5.79. The highest BCUT2D eigenvalue weighted by atomic mass is 127. The topological polar surface area (TPSA) is 0 Å². The molecule has 10 heavy (non-hydrogen) atoms. The van der Waals surface area contributed by atoms with E-state index in [0.717, 1.165) is 4.21 Å². The van der Waals surface area contributed by atoms with Crippen molar-refractivity contribution in [3.8, 4) is 0 Å². The van der Waals surface area contributed by atoms with E-state index in [0.29, 0.717) is 0 Å². The van der Waals surface area contributed by atoms with Gasteiger partial charge >= 0.3 is 0 Å². The smallest absolute Gasteiger partial charge is 0.0674 e. The molecule has 0 N–H and O–H groups in total. The number of rotatable bonds is 0. The van der Waals surface area contributed by atoms with Gasteiger partial charge in [-0.1, -0.05) is 0 Å². The summed E-state index contributed by atoms with van der Waals surface area (Å²) in [6.45, 7) is 0. The van der Waals surface area contributed by atoms with E-state index in [1.807, 2.05) is 11.3 Å². The van der Waals surface area contributed by atoms with Crippen LogP contribution >= 0.6 is 57.9 Å². The predicted octanol–water partition coefficient (Wildman–Crippen LogP) is 3.86. The molecular weight excluding hydrogens is 295 g/mol. The Bertz CT molecular complexity index is 297. The van der Waals surface area contributed by atoms with E-state index in [9.17, 15) is 0 Å². The quantitative estimate of drug-likeness (QED) is 0.554. The minimum Gasteiger partial charge on any atom is -0.133 e. The molecule has 2 heterocycles. The molecule has 0 fully saturated rings. The summed E-state index contributed by atoms with van der Waals surface area (Å²) in [6, 6.07) is 4.32. The molecule has 2 aromatic rings. The molecule has 0 aromatic carbocycles. The van der Waals surface area contributed by atoms with Crippen molar-refractivity contribution >= 4 is 67.3 Å². The van der Waals surface area contributed by atoms with Gasteiger partial charge in [-0.3, -0.25) is 0 Å². The van der Waals surface area contributed by atoms with Gasteiger partial charge in [0.25, 0.3) is 0 Å². The second kappa shape index (κ2) is 2.66. The Morgan fingerprint density at radius 2 is 1.90 bits per heavy atom. The zero-order chi connectivity index (χ0) is 7.14. The Labute approximate surface area is 85.8 Å². The van der Waals surface area contributed by atoms with Crippen molar-refractivity contribution in [1.82, 2.24) is 0 Å². The van der Waals surface area contributed by atoms with Crippen LogP contribution in [-0.2, 0) is 0 Å². The number of halogens is 1. The second-order valence-electron chi connectivity index (χ2n) is 1.86. The van der Waals surface area contributed by atoms with Crippen LogP contribution in [0.3, 0.4) is 0 Å². The molecule has 0 aliphatic carbocycles. The summed E-state index contributed by atoms with van der Waals surface area (Å²) in [7, 11) is 0. The molecule has 2 aromatic heterocycles. The van der Waals surface area contributed by atoms with Gasteiger partial charge in [0.2, 0.25) is 0 Å². The molecule has 0 nitrogen and oxygen atoms in total. The van der Waals surface area contributed by atoms with Gasteiger partial charge in [-0.05, 0) is 34.7 Å². The van der Waals surface area contributed by atoms with E-state index in [1.165, 1.54) is 12.3 Å². The van der Waals surface area contributed by atoms with Crippen LogP contribution in [0.5, 0.6) is 0 Å². The minimum atomic E-state index is 1.11. The highest BCUT2D eigenvalue weighted by Crippen LogP contribution is 2.34. The number of fused-ring (bicyclic) bond motifs is 1. The summed E-state index contributed by atoms with van der Waals surface area (Å²) >= 11 is 10.2. The van der Waals surface area contributed by atoms with Crippen LogP contribution in [-0.4, -0.2) is 0 Å². The van der Waals surface area contributed by atoms with E-state index in [1.54, 1.807) is 11.3 Å². The van der Waals surface area contributed by atoms with Gasteiger partial charge in [-0.2, -0.15) is 0 Å². The van der Waals surface area contributed by atoms with Crippen LogP contribution in [0.1, 0.15) is 0 Å². The van der Waals surface area contributed by atoms with Gasteiger partial charge < -0.3 is 0 Å². The monoisotopic (exact) mass is 298 g/mol. The fourth-order valence-electron chi connectivity index (χ4n) is 0.794. The lowest BCUT2D eigenvalue weighted by molar-refractivity contribution is 1.83. The fourth-order valence-corrected chi connectivity index (χ4v) is 4.40. The third-order valence-corrected chi connectivity index (χ3v) is 4.42. The van der Waals surface area contributed by atoms with Crippen molar-refractivity contribution in [2.45, 2.75) is 4.21 Å². The maximum Gasteiger partial charge on any atom is 0.0674 e. The van der Waals surface area contributed by atoms with Gasteiger partial charge in [-0.15, -0.1) is 35.3 Å². The normalized spacial score (nSPS) is 11.0. The summed E-state index contributed by atoms with van der Waals surface area (Å²) in [5, 5.41) is 0. The fraction of sp³-hybridized carbons (Fsp3) is 0. The van der Waals surface area contributed by atoms with Crippen LogP contribution in [0.2, 0.25) is 0 Å². The van der Waals surface area contributed by atoms with Gasteiger partial charge in [0, 0.05) is 9.40 Å². The lowest BCUT2D eigenvalue weighted by Gasteiger charge is -1.72. The van der Waals surface area contributed by atoms with E-state index in [-0.39, 0.29) is 0 Å². The average Bonchev–Trinajstić information content (AvgIpc) is 2.21. The van der Waals surface area contributed by atoms with Gasteiger partial charge in [0.05, 0.1) is 7.09 Å². The molecule has 4 heteroatoms. The Balaban J connectivity index is 2.83. The first-order valence-electron chi connectivity index (χ1n) is 2.63. The van der Waals surface area contributed by atoms with Gasteiger partial charge in [0.1, 0.15) is 0 Å². The lowest BCUT2D eigenvalue weighted by atomic mass is 10.5. The number of hydrogen-bond acceptors (Lipinski definition) is 3. The van der Waals surface area contributed by atoms with Crippen LogP contribution in [0.4, 0.5) is 0 Å². The van der Waals surface area contributed by atoms with Crippen LogP contribution < -0.4 is 0 Å². The molecule has 0 aliphatic heterocycles. The zero-order valence-electron chi connectivity index (χ0n) is 4.80. The van der Waals surface area contributed by atoms with E-state index < -0.39 is 0 Å². The molecule has 0 aliphatic rings. The highest BCUT2D eigenvalue weighted by Gasteiger charge is 2.01. The number of thiophene rings is 2. The lowest BCUT2D eigenvalue weighted by Crippen LogP contribution is -1.43. The summed E-state index contributed by atoms with van der Waals surface area (Å²) in [6.07, 6.45) is 0. The Hall–Kier alpha value is 0.740. The molecule has 0 spiro atoms. The summed E-state index contributed by atoms with van der Waals surface area (Å²) in [5.41, 5.74) is 0. The average molecular weight is 298 g/mol. The molecule has 0 atom stereocenters. The van der Waals surface area contributed by atoms with Crippen molar-refractivity contribution in [3.05, 3.63) is 15.0 Å².